The van der Waals surface area contributed by atoms with Crippen LogP contribution in [0.2, 0.25) is 5.15 Å². The molecule has 1 saturated carbocycles. The topological polar surface area (TPSA) is 83.8 Å². The molecule has 4 fully saturated rings. The summed E-state index contributed by atoms with van der Waals surface area (Å²) >= 11 is 5.96. The molecule has 0 aromatic carbocycles. The average molecular weight is 496 g/mol. The van der Waals surface area contributed by atoms with Gasteiger partial charge in [0.1, 0.15) is 24.1 Å². The molecule has 2 aromatic heterocycles. The van der Waals surface area contributed by atoms with Crippen LogP contribution >= 0.6 is 11.6 Å². The van der Waals surface area contributed by atoms with Crippen molar-refractivity contribution in [3.05, 3.63) is 17.2 Å². The molecule has 0 bridgehead atoms. The van der Waals surface area contributed by atoms with E-state index in [4.69, 9.17) is 21.1 Å². The van der Waals surface area contributed by atoms with Crippen LogP contribution in [-0.2, 0) is 4.74 Å². The standard InChI is InChI=1S/C23H28ClF2N5O3/c1-21(32)10-23(11-21)12-30(5-6-34-23)19-15-8-27-18(24)16(26)17(15)28-20(29-19)33-13-22-3-2-4-31(22)9-14(25)7-22/h8,14,32H,2-7,9-13H2,1H3/t14-,21?,22+,23?/m1/s1. The quantitative estimate of drug-likeness (QED) is 0.648. The zero-order chi connectivity index (χ0) is 23.7. The Morgan fingerprint density at radius 2 is 2.15 bits per heavy atom. The van der Waals surface area contributed by atoms with Crippen LogP contribution in [-0.4, -0.2) is 87.3 Å². The second-order valence-corrected chi connectivity index (χ2v) is 11.0. The molecular formula is C23H28ClF2N5O3. The Hall–Kier alpha value is -1.88. The minimum absolute atomic E-state index is 0.0355. The third kappa shape index (κ3) is 3.70. The van der Waals surface area contributed by atoms with Gasteiger partial charge in [0.15, 0.2) is 11.0 Å². The number of aromatic nitrogens is 3. The first kappa shape index (κ1) is 22.6. The highest BCUT2D eigenvalue weighted by Crippen LogP contribution is 2.47. The number of alkyl halides is 1. The number of anilines is 1. The molecule has 2 aromatic rings. The van der Waals surface area contributed by atoms with Gasteiger partial charge < -0.3 is 19.5 Å². The van der Waals surface area contributed by atoms with Crippen molar-refractivity contribution in [3.8, 4) is 6.01 Å². The maximum absolute atomic E-state index is 15.0. The largest absolute Gasteiger partial charge is 0.461 e. The van der Waals surface area contributed by atoms with Crippen LogP contribution in [0, 0.1) is 5.82 Å². The van der Waals surface area contributed by atoms with Gasteiger partial charge in [-0.2, -0.15) is 9.97 Å². The van der Waals surface area contributed by atoms with E-state index in [1.165, 1.54) is 6.20 Å². The number of hydrogen-bond donors (Lipinski definition) is 1. The van der Waals surface area contributed by atoms with Crippen LogP contribution in [0.5, 0.6) is 6.01 Å². The van der Waals surface area contributed by atoms with E-state index in [0.29, 0.717) is 56.7 Å². The summed E-state index contributed by atoms with van der Waals surface area (Å²) in [5.41, 5.74) is -1.56. The molecule has 34 heavy (non-hydrogen) atoms. The minimum Gasteiger partial charge on any atom is -0.461 e. The molecule has 3 aliphatic heterocycles. The normalized spacial score (nSPS) is 35.7. The highest BCUT2D eigenvalue weighted by Gasteiger charge is 2.54. The van der Waals surface area contributed by atoms with Gasteiger partial charge in [-0.15, -0.1) is 0 Å². The minimum atomic E-state index is -0.872. The van der Waals surface area contributed by atoms with Gasteiger partial charge in [0.05, 0.1) is 28.7 Å². The van der Waals surface area contributed by atoms with E-state index in [1.54, 1.807) is 6.92 Å². The van der Waals surface area contributed by atoms with Crippen molar-refractivity contribution in [2.45, 2.75) is 61.9 Å². The van der Waals surface area contributed by atoms with Gasteiger partial charge in [-0.3, -0.25) is 4.90 Å². The highest BCUT2D eigenvalue weighted by atomic mass is 35.5. The lowest BCUT2D eigenvalue weighted by molar-refractivity contribution is -0.202. The lowest BCUT2D eigenvalue weighted by atomic mass is 9.67. The van der Waals surface area contributed by atoms with E-state index in [0.717, 1.165) is 19.4 Å². The monoisotopic (exact) mass is 495 g/mol. The van der Waals surface area contributed by atoms with E-state index in [1.807, 2.05) is 4.90 Å². The summed E-state index contributed by atoms with van der Waals surface area (Å²) in [6, 6.07) is 0.0355. The molecule has 1 aliphatic carbocycles. The van der Waals surface area contributed by atoms with Gasteiger partial charge in [0.2, 0.25) is 0 Å². The highest BCUT2D eigenvalue weighted by molar-refractivity contribution is 6.30. The van der Waals surface area contributed by atoms with Crippen molar-refractivity contribution in [1.29, 1.82) is 0 Å². The molecule has 1 N–H and O–H groups in total. The van der Waals surface area contributed by atoms with Crippen molar-refractivity contribution < 1.29 is 23.4 Å². The summed E-state index contributed by atoms with van der Waals surface area (Å²) in [5, 5.41) is 10.5. The van der Waals surface area contributed by atoms with Crippen molar-refractivity contribution in [1.82, 2.24) is 19.9 Å². The van der Waals surface area contributed by atoms with Gasteiger partial charge in [-0.25, -0.2) is 13.8 Å². The van der Waals surface area contributed by atoms with E-state index >= 15 is 0 Å². The molecule has 0 unspecified atom stereocenters. The van der Waals surface area contributed by atoms with Crippen molar-refractivity contribution in [2.75, 3.05) is 44.3 Å². The van der Waals surface area contributed by atoms with Gasteiger partial charge >= 0.3 is 6.01 Å². The number of ether oxygens (including phenoxy) is 2. The molecular weight excluding hydrogens is 468 g/mol. The zero-order valence-corrected chi connectivity index (χ0v) is 19.8. The second-order valence-electron chi connectivity index (χ2n) is 10.6. The number of hydrogen-bond acceptors (Lipinski definition) is 8. The van der Waals surface area contributed by atoms with Crippen LogP contribution in [0.1, 0.15) is 39.0 Å². The van der Waals surface area contributed by atoms with Gasteiger partial charge in [-0.1, -0.05) is 11.6 Å². The van der Waals surface area contributed by atoms with Crippen molar-refractivity contribution in [3.63, 3.8) is 0 Å². The average Bonchev–Trinajstić information content (AvgIpc) is 3.29. The molecule has 1 spiro atoms. The molecule has 0 radical (unpaired) electrons. The van der Waals surface area contributed by atoms with E-state index in [-0.39, 0.29) is 28.8 Å². The number of rotatable bonds is 4. The van der Waals surface area contributed by atoms with Crippen LogP contribution < -0.4 is 9.64 Å². The Balaban J connectivity index is 1.33. The molecule has 6 rings (SSSR count). The smallest absolute Gasteiger partial charge is 0.319 e. The lowest BCUT2D eigenvalue weighted by Gasteiger charge is -2.55. The molecule has 0 amide bonds. The van der Waals surface area contributed by atoms with E-state index in [2.05, 4.69) is 19.9 Å². The van der Waals surface area contributed by atoms with Crippen LogP contribution in [0.15, 0.2) is 6.20 Å². The molecule has 5 heterocycles. The second kappa shape index (κ2) is 7.81. The third-order valence-electron chi connectivity index (χ3n) is 7.79. The molecule has 184 valence electrons. The fourth-order valence-electron chi connectivity index (χ4n) is 6.53. The third-order valence-corrected chi connectivity index (χ3v) is 8.05. The summed E-state index contributed by atoms with van der Waals surface area (Å²) in [5.74, 6) is -0.236. The molecule has 11 heteroatoms. The Morgan fingerprint density at radius 3 is 2.94 bits per heavy atom. The first-order valence-electron chi connectivity index (χ1n) is 11.8. The number of morpholine rings is 1. The summed E-state index contributed by atoms with van der Waals surface area (Å²) < 4.78 is 41.2. The maximum atomic E-state index is 15.0. The van der Waals surface area contributed by atoms with Gasteiger partial charge in [0.25, 0.3) is 0 Å². The summed E-state index contributed by atoms with van der Waals surface area (Å²) in [6.07, 6.45) is 3.90. The predicted octanol–water partition coefficient (Wildman–Crippen LogP) is 2.89. The lowest BCUT2D eigenvalue weighted by Crippen LogP contribution is -2.64. The maximum Gasteiger partial charge on any atom is 0.319 e. The summed E-state index contributed by atoms with van der Waals surface area (Å²) in [7, 11) is 0. The molecule has 8 nitrogen and oxygen atoms in total. The van der Waals surface area contributed by atoms with E-state index in [9.17, 15) is 13.9 Å². The Bertz CT molecular complexity index is 1130. The van der Waals surface area contributed by atoms with Crippen LogP contribution in [0.25, 0.3) is 10.9 Å². The first-order chi connectivity index (χ1) is 16.2. The number of halogens is 3. The Labute approximate surface area is 201 Å². The molecule has 3 saturated heterocycles. The van der Waals surface area contributed by atoms with E-state index < -0.39 is 23.2 Å². The van der Waals surface area contributed by atoms with Crippen LogP contribution in [0.3, 0.4) is 0 Å². The van der Waals surface area contributed by atoms with Crippen molar-refractivity contribution in [2.24, 2.45) is 0 Å². The molecule has 4 aliphatic rings. The Morgan fingerprint density at radius 1 is 1.32 bits per heavy atom. The summed E-state index contributed by atoms with van der Waals surface area (Å²) in [4.78, 5) is 17.1. The number of aliphatic hydroxyl groups is 1. The van der Waals surface area contributed by atoms with Crippen LogP contribution in [0.4, 0.5) is 14.6 Å². The fraction of sp³-hybridized carbons (Fsp3) is 0.696. The number of nitrogens with zero attached hydrogens (tertiary/aromatic N) is 5. The SMILES string of the molecule is CC1(O)CC2(CN(c3nc(OC[C@@]45CCCN4C[C@H](F)C5)nc4c(F)c(Cl)ncc34)CCO2)C1. The number of pyridine rings is 1. The van der Waals surface area contributed by atoms with Crippen molar-refractivity contribution >= 4 is 28.3 Å². The molecule has 2 atom stereocenters. The predicted molar refractivity (Wildman–Crippen MR) is 122 cm³/mol. The number of fused-ring (bicyclic) bond motifs is 2. The Kier molecular flexibility index (Phi) is 5.19. The first-order valence-corrected chi connectivity index (χ1v) is 12.2. The van der Waals surface area contributed by atoms with Gasteiger partial charge in [-0.05, 0) is 26.3 Å². The fourth-order valence-corrected chi connectivity index (χ4v) is 6.67. The summed E-state index contributed by atoms with van der Waals surface area (Å²) in [6.45, 7) is 4.81. The zero-order valence-electron chi connectivity index (χ0n) is 19.1. The van der Waals surface area contributed by atoms with Gasteiger partial charge in [0, 0.05) is 45.1 Å².